The van der Waals surface area contributed by atoms with E-state index >= 15 is 0 Å². The lowest BCUT2D eigenvalue weighted by molar-refractivity contribution is 0.0936. The Morgan fingerprint density at radius 1 is 1.19 bits per heavy atom. The molecular formula is C19H17ClFN3OS. The molecule has 1 fully saturated rings. The minimum absolute atomic E-state index is 0.00233. The van der Waals surface area contributed by atoms with E-state index < -0.39 is 0 Å². The maximum atomic E-state index is 13.4. The molecule has 4 rings (SSSR count). The van der Waals surface area contributed by atoms with Gasteiger partial charge in [0.15, 0.2) is 5.13 Å². The minimum Gasteiger partial charge on any atom is -0.357 e. The molecule has 7 heteroatoms. The van der Waals surface area contributed by atoms with Crippen LogP contribution < -0.4 is 10.6 Å². The van der Waals surface area contributed by atoms with E-state index in [4.69, 9.17) is 11.6 Å². The standard InChI is InChI=1S/C19H17ClFN3OS/c20-13-5-2-1-4-12(13)18(25)22-14-6-3-7-15(14)23-19-24-16-9-8-11(21)10-17(16)26-19/h1-2,4-5,8-10,14-15H,3,6-7H2,(H,22,25)(H,23,24)/t14-,15-/m0/s1. The van der Waals surface area contributed by atoms with Gasteiger partial charge in [-0.25, -0.2) is 9.37 Å². The fourth-order valence-electron chi connectivity index (χ4n) is 3.32. The number of nitrogens with zero attached hydrogens (tertiary/aromatic N) is 1. The molecule has 134 valence electrons. The third-order valence-corrected chi connectivity index (χ3v) is 5.89. The topological polar surface area (TPSA) is 54.0 Å². The van der Waals surface area contributed by atoms with Gasteiger partial charge in [0, 0.05) is 12.1 Å². The van der Waals surface area contributed by atoms with E-state index in [0.29, 0.717) is 10.6 Å². The number of fused-ring (bicyclic) bond motifs is 1. The maximum absolute atomic E-state index is 13.4. The van der Waals surface area contributed by atoms with Crippen LogP contribution in [0.3, 0.4) is 0 Å². The summed E-state index contributed by atoms with van der Waals surface area (Å²) in [5.41, 5.74) is 1.25. The van der Waals surface area contributed by atoms with Crippen molar-refractivity contribution in [1.29, 1.82) is 0 Å². The van der Waals surface area contributed by atoms with Gasteiger partial charge in [-0.05, 0) is 49.6 Å². The van der Waals surface area contributed by atoms with Crippen molar-refractivity contribution in [2.45, 2.75) is 31.3 Å². The number of amides is 1. The highest BCUT2D eigenvalue weighted by atomic mass is 35.5. The molecular weight excluding hydrogens is 373 g/mol. The fraction of sp³-hybridized carbons (Fsp3) is 0.263. The summed E-state index contributed by atoms with van der Waals surface area (Å²) in [5, 5.41) is 7.68. The SMILES string of the molecule is O=C(N[C@H]1CCC[C@@H]1Nc1nc2ccc(F)cc2s1)c1ccccc1Cl. The number of anilines is 1. The molecule has 1 heterocycles. The molecule has 0 spiro atoms. The number of hydrogen-bond acceptors (Lipinski definition) is 4. The number of carbonyl (C=O) groups is 1. The molecule has 0 unspecified atom stereocenters. The number of rotatable bonds is 4. The Morgan fingerprint density at radius 2 is 2.00 bits per heavy atom. The van der Waals surface area contributed by atoms with Crippen LogP contribution >= 0.6 is 22.9 Å². The van der Waals surface area contributed by atoms with Crippen LogP contribution in [-0.4, -0.2) is 23.0 Å². The van der Waals surface area contributed by atoms with Gasteiger partial charge in [0.2, 0.25) is 0 Å². The maximum Gasteiger partial charge on any atom is 0.253 e. The molecule has 26 heavy (non-hydrogen) atoms. The lowest BCUT2D eigenvalue weighted by atomic mass is 10.1. The van der Waals surface area contributed by atoms with Gasteiger partial charge in [0.05, 0.1) is 20.8 Å². The van der Waals surface area contributed by atoms with Crippen LogP contribution in [0.5, 0.6) is 0 Å². The van der Waals surface area contributed by atoms with Gasteiger partial charge in [-0.3, -0.25) is 4.79 Å². The van der Waals surface area contributed by atoms with Gasteiger partial charge < -0.3 is 10.6 Å². The lowest BCUT2D eigenvalue weighted by Crippen LogP contribution is -2.43. The molecule has 1 aromatic heterocycles. The summed E-state index contributed by atoms with van der Waals surface area (Å²) in [5.74, 6) is -0.431. The first-order valence-electron chi connectivity index (χ1n) is 8.48. The second-order valence-corrected chi connectivity index (χ2v) is 7.81. The summed E-state index contributed by atoms with van der Waals surface area (Å²) in [4.78, 5) is 17.0. The Morgan fingerprint density at radius 3 is 2.85 bits per heavy atom. The molecule has 1 saturated carbocycles. The van der Waals surface area contributed by atoms with Gasteiger partial charge >= 0.3 is 0 Å². The number of carbonyl (C=O) groups excluding carboxylic acids is 1. The molecule has 4 nitrogen and oxygen atoms in total. The van der Waals surface area contributed by atoms with Gasteiger partial charge in [-0.15, -0.1) is 0 Å². The zero-order chi connectivity index (χ0) is 18.1. The third kappa shape index (κ3) is 3.52. The van der Waals surface area contributed by atoms with Crippen LogP contribution in [0.2, 0.25) is 5.02 Å². The number of thiazole rings is 1. The normalized spacial score (nSPS) is 19.6. The molecule has 2 aromatic carbocycles. The Hall–Kier alpha value is -2.18. The van der Waals surface area contributed by atoms with Crippen molar-refractivity contribution in [3.05, 3.63) is 58.9 Å². The Kier molecular flexibility index (Phi) is 4.78. The van der Waals surface area contributed by atoms with E-state index in [1.165, 1.54) is 23.5 Å². The zero-order valence-electron chi connectivity index (χ0n) is 13.8. The summed E-state index contributed by atoms with van der Waals surface area (Å²) in [7, 11) is 0. The van der Waals surface area contributed by atoms with E-state index in [1.807, 2.05) is 0 Å². The number of aromatic nitrogens is 1. The van der Waals surface area contributed by atoms with E-state index in [-0.39, 0.29) is 23.8 Å². The first kappa shape index (κ1) is 17.2. The lowest BCUT2D eigenvalue weighted by Gasteiger charge is -2.22. The quantitative estimate of drug-likeness (QED) is 0.670. The molecule has 3 aromatic rings. The van der Waals surface area contributed by atoms with Crippen LogP contribution in [0.15, 0.2) is 42.5 Å². The third-order valence-electron chi connectivity index (χ3n) is 4.61. The van der Waals surface area contributed by atoms with Crippen molar-refractivity contribution in [2.24, 2.45) is 0 Å². The van der Waals surface area contributed by atoms with Crippen LogP contribution in [0.25, 0.3) is 10.2 Å². The molecule has 2 N–H and O–H groups in total. The van der Waals surface area contributed by atoms with Crippen molar-refractivity contribution in [3.8, 4) is 0 Å². The Balaban J connectivity index is 1.47. The van der Waals surface area contributed by atoms with E-state index in [9.17, 15) is 9.18 Å². The van der Waals surface area contributed by atoms with Gasteiger partial charge in [0.1, 0.15) is 5.82 Å². The van der Waals surface area contributed by atoms with Crippen LogP contribution in [0, 0.1) is 5.82 Å². The van der Waals surface area contributed by atoms with E-state index in [2.05, 4.69) is 15.6 Å². The monoisotopic (exact) mass is 389 g/mol. The molecule has 1 aliphatic rings. The molecule has 0 saturated heterocycles. The van der Waals surface area contributed by atoms with Crippen molar-refractivity contribution in [3.63, 3.8) is 0 Å². The fourth-order valence-corrected chi connectivity index (χ4v) is 4.49. The molecule has 0 radical (unpaired) electrons. The first-order chi connectivity index (χ1) is 12.6. The second-order valence-electron chi connectivity index (χ2n) is 6.37. The highest BCUT2D eigenvalue weighted by Gasteiger charge is 2.29. The molecule has 1 aliphatic carbocycles. The predicted octanol–water partition coefficient (Wildman–Crippen LogP) is 4.85. The van der Waals surface area contributed by atoms with E-state index in [1.54, 1.807) is 30.3 Å². The average molecular weight is 390 g/mol. The second kappa shape index (κ2) is 7.21. The largest absolute Gasteiger partial charge is 0.357 e. The van der Waals surface area contributed by atoms with Crippen molar-refractivity contribution >= 4 is 44.2 Å². The minimum atomic E-state index is -0.265. The Labute approximate surface area is 159 Å². The van der Waals surface area contributed by atoms with Gasteiger partial charge in [-0.2, -0.15) is 0 Å². The molecule has 0 aliphatic heterocycles. The van der Waals surface area contributed by atoms with Crippen LogP contribution in [0.1, 0.15) is 29.6 Å². The van der Waals surface area contributed by atoms with Crippen molar-refractivity contribution < 1.29 is 9.18 Å². The smallest absolute Gasteiger partial charge is 0.253 e. The van der Waals surface area contributed by atoms with Crippen LogP contribution in [-0.2, 0) is 0 Å². The van der Waals surface area contributed by atoms with Crippen molar-refractivity contribution in [2.75, 3.05) is 5.32 Å². The van der Waals surface area contributed by atoms with Crippen LogP contribution in [0.4, 0.5) is 9.52 Å². The molecule has 1 amide bonds. The first-order valence-corrected chi connectivity index (χ1v) is 9.67. The number of hydrogen-bond donors (Lipinski definition) is 2. The summed E-state index contributed by atoms with van der Waals surface area (Å²) >= 11 is 7.54. The number of nitrogens with one attached hydrogen (secondary N) is 2. The average Bonchev–Trinajstić information content (AvgIpc) is 3.21. The number of halogens is 2. The van der Waals surface area contributed by atoms with Crippen molar-refractivity contribution in [1.82, 2.24) is 10.3 Å². The van der Waals surface area contributed by atoms with Gasteiger partial charge in [0.25, 0.3) is 5.91 Å². The molecule has 0 bridgehead atoms. The highest BCUT2D eigenvalue weighted by Crippen LogP contribution is 2.30. The molecule has 2 atom stereocenters. The summed E-state index contributed by atoms with van der Waals surface area (Å²) < 4.78 is 14.2. The Bertz CT molecular complexity index is 961. The van der Waals surface area contributed by atoms with E-state index in [0.717, 1.165) is 34.6 Å². The highest BCUT2D eigenvalue weighted by molar-refractivity contribution is 7.22. The number of benzene rings is 2. The summed E-state index contributed by atoms with van der Waals surface area (Å²) in [6.45, 7) is 0. The van der Waals surface area contributed by atoms with Gasteiger partial charge in [-0.1, -0.05) is 35.1 Å². The predicted molar refractivity (Wildman–Crippen MR) is 104 cm³/mol. The zero-order valence-corrected chi connectivity index (χ0v) is 15.4. The summed E-state index contributed by atoms with van der Waals surface area (Å²) in [6.07, 6.45) is 2.86. The summed E-state index contributed by atoms with van der Waals surface area (Å²) in [6, 6.07) is 11.7.